The van der Waals surface area contributed by atoms with Gasteiger partial charge in [-0.1, -0.05) is 23.8 Å². The van der Waals surface area contributed by atoms with Crippen LogP contribution in [0, 0.1) is 13.8 Å². The van der Waals surface area contributed by atoms with E-state index in [1.807, 2.05) is 19.9 Å². The van der Waals surface area contributed by atoms with E-state index in [0.29, 0.717) is 5.65 Å². The Morgan fingerprint density at radius 3 is 2.75 bits per heavy atom. The van der Waals surface area contributed by atoms with Crippen LogP contribution in [0.25, 0.3) is 16.9 Å². The van der Waals surface area contributed by atoms with Gasteiger partial charge in [-0.05, 0) is 37.6 Å². The van der Waals surface area contributed by atoms with Crippen LogP contribution in [0.5, 0.6) is 0 Å². The van der Waals surface area contributed by atoms with Gasteiger partial charge in [0.2, 0.25) is 0 Å². The maximum atomic E-state index is 11.2. The summed E-state index contributed by atoms with van der Waals surface area (Å²) in [6.45, 7) is 4.05. The van der Waals surface area contributed by atoms with Crippen molar-refractivity contribution in [3.05, 3.63) is 59.4 Å². The Labute approximate surface area is 116 Å². The highest BCUT2D eigenvalue weighted by atomic mass is 16.4. The molecule has 1 N–H and O–H groups in total. The van der Waals surface area contributed by atoms with E-state index >= 15 is 0 Å². The molecule has 0 aliphatic heterocycles. The first-order valence-electron chi connectivity index (χ1n) is 6.35. The van der Waals surface area contributed by atoms with Crippen molar-refractivity contribution in [2.45, 2.75) is 13.8 Å². The number of rotatable bonds is 2. The number of carboxylic acids is 1. The van der Waals surface area contributed by atoms with Crippen LogP contribution in [0.4, 0.5) is 0 Å². The second kappa shape index (κ2) is 4.49. The van der Waals surface area contributed by atoms with Crippen molar-refractivity contribution in [1.82, 2.24) is 9.38 Å². The third-order valence-corrected chi connectivity index (χ3v) is 3.38. The highest BCUT2D eigenvalue weighted by Crippen LogP contribution is 2.24. The SMILES string of the molecule is Cc1ccc(C)c(-c2cn3c(C(=O)O)cccc3n2)c1. The van der Waals surface area contributed by atoms with Gasteiger partial charge in [-0.25, -0.2) is 9.78 Å². The molecule has 0 fully saturated rings. The number of nitrogens with zero attached hydrogens (tertiary/aromatic N) is 2. The van der Waals surface area contributed by atoms with E-state index in [9.17, 15) is 9.90 Å². The van der Waals surface area contributed by atoms with E-state index in [-0.39, 0.29) is 5.69 Å². The normalized spacial score (nSPS) is 10.9. The molecule has 4 heteroatoms. The number of imidazole rings is 1. The number of carbonyl (C=O) groups is 1. The lowest BCUT2D eigenvalue weighted by molar-refractivity contribution is 0.0689. The molecule has 2 aromatic heterocycles. The fourth-order valence-corrected chi connectivity index (χ4v) is 2.33. The molecule has 20 heavy (non-hydrogen) atoms. The average molecular weight is 266 g/mol. The maximum Gasteiger partial charge on any atom is 0.352 e. The van der Waals surface area contributed by atoms with Crippen molar-refractivity contribution >= 4 is 11.6 Å². The van der Waals surface area contributed by atoms with Crippen LogP contribution in [-0.2, 0) is 0 Å². The molecule has 0 radical (unpaired) electrons. The van der Waals surface area contributed by atoms with E-state index in [2.05, 4.69) is 17.1 Å². The second-order valence-electron chi connectivity index (χ2n) is 4.89. The van der Waals surface area contributed by atoms with Crippen molar-refractivity contribution in [3.8, 4) is 11.3 Å². The third kappa shape index (κ3) is 1.95. The van der Waals surface area contributed by atoms with E-state index in [4.69, 9.17) is 0 Å². The molecule has 0 bridgehead atoms. The molecule has 2 heterocycles. The monoisotopic (exact) mass is 266 g/mol. The topological polar surface area (TPSA) is 54.6 Å². The van der Waals surface area contributed by atoms with Crippen LogP contribution < -0.4 is 0 Å². The summed E-state index contributed by atoms with van der Waals surface area (Å²) in [5, 5.41) is 9.21. The number of carboxylic acid groups (broad SMARTS) is 1. The first kappa shape index (κ1) is 12.4. The number of aromatic nitrogens is 2. The number of hydrogen-bond donors (Lipinski definition) is 1. The van der Waals surface area contributed by atoms with Gasteiger partial charge in [-0.3, -0.25) is 4.40 Å². The number of aromatic carboxylic acids is 1. The largest absolute Gasteiger partial charge is 0.477 e. The first-order valence-corrected chi connectivity index (χ1v) is 6.35. The highest BCUT2D eigenvalue weighted by Gasteiger charge is 2.12. The minimum absolute atomic E-state index is 0.214. The summed E-state index contributed by atoms with van der Waals surface area (Å²) in [7, 11) is 0. The number of fused-ring (bicyclic) bond motifs is 1. The van der Waals surface area contributed by atoms with Gasteiger partial charge in [0.05, 0.1) is 5.69 Å². The Morgan fingerprint density at radius 1 is 1.20 bits per heavy atom. The summed E-state index contributed by atoms with van der Waals surface area (Å²) >= 11 is 0. The van der Waals surface area contributed by atoms with Crippen LogP contribution >= 0.6 is 0 Å². The summed E-state index contributed by atoms with van der Waals surface area (Å²) < 4.78 is 1.61. The molecule has 3 aromatic rings. The average Bonchev–Trinajstić information content (AvgIpc) is 2.84. The van der Waals surface area contributed by atoms with Gasteiger partial charge >= 0.3 is 5.97 Å². The van der Waals surface area contributed by atoms with Crippen LogP contribution in [0.15, 0.2) is 42.6 Å². The number of hydrogen-bond acceptors (Lipinski definition) is 2. The lowest BCUT2D eigenvalue weighted by Gasteiger charge is -2.03. The molecule has 0 saturated carbocycles. The molecule has 0 aliphatic rings. The van der Waals surface area contributed by atoms with E-state index in [1.54, 1.807) is 28.8 Å². The lowest BCUT2D eigenvalue weighted by atomic mass is 10.0. The molecule has 0 spiro atoms. The number of aryl methyl sites for hydroxylation is 2. The van der Waals surface area contributed by atoms with Crippen molar-refractivity contribution in [3.63, 3.8) is 0 Å². The standard InChI is InChI=1S/C16H14N2O2/c1-10-6-7-11(2)12(8-10)13-9-18-14(16(19)20)4-3-5-15(18)17-13/h3-9H,1-2H3,(H,19,20). The minimum Gasteiger partial charge on any atom is -0.477 e. The van der Waals surface area contributed by atoms with Crippen LogP contribution in [0.3, 0.4) is 0 Å². The number of pyridine rings is 1. The quantitative estimate of drug-likeness (QED) is 0.774. The van der Waals surface area contributed by atoms with Crippen LogP contribution in [-0.4, -0.2) is 20.5 Å². The van der Waals surface area contributed by atoms with Gasteiger partial charge in [0.15, 0.2) is 0 Å². The smallest absolute Gasteiger partial charge is 0.352 e. The Bertz CT molecular complexity index is 818. The Morgan fingerprint density at radius 2 is 2.00 bits per heavy atom. The van der Waals surface area contributed by atoms with E-state index in [1.165, 1.54) is 0 Å². The van der Waals surface area contributed by atoms with Gasteiger partial charge in [0.1, 0.15) is 11.3 Å². The van der Waals surface area contributed by atoms with Gasteiger partial charge in [-0.2, -0.15) is 0 Å². The molecule has 100 valence electrons. The van der Waals surface area contributed by atoms with Crippen molar-refractivity contribution in [2.24, 2.45) is 0 Å². The Hall–Kier alpha value is -2.62. The predicted octanol–water partition coefficient (Wildman–Crippen LogP) is 3.32. The van der Waals surface area contributed by atoms with Gasteiger partial charge in [0.25, 0.3) is 0 Å². The summed E-state index contributed by atoms with van der Waals surface area (Å²) in [5.41, 5.74) is 4.95. The molecular weight excluding hydrogens is 252 g/mol. The van der Waals surface area contributed by atoms with E-state index in [0.717, 1.165) is 22.4 Å². The Balaban J connectivity index is 2.26. The number of benzene rings is 1. The van der Waals surface area contributed by atoms with Crippen LogP contribution in [0.1, 0.15) is 21.6 Å². The third-order valence-electron chi connectivity index (χ3n) is 3.38. The lowest BCUT2D eigenvalue weighted by Crippen LogP contribution is -2.03. The zero-order chi connectivity index (χ0) is 14.3. The maximum absolute atomic E-state index is 11.2. The molecule has 0 atom stereocenters. The fraction of sp³-hybridized carbons (Fsp3) is 0.125. The summed E-state index contributed by atoms with van der Waals surface area (Å²) in [4.78, 5) is 15.8. The Kier molecular flexibility index (Phi) is 2.79. The first-order chi connectivity index (χ1) is 9.56. The van der Waals surface area contributed by atoms with Crippen molar-refractivity contribution in [1.29, 1.82) is 0 Å². The molecule has 0 unspecified atom stereocenters. The minimum atomic E-state index is -0.958. The molecule has 0 saturated heterocycles. The highest BCUT2D eigenvalue weighted by molar-refractivity contribution is 5.87. The van der Waals surface area contributed by atoms with Crippen LogP contribution in [0.2, 0.25) is 0 Å². The van der Waals surface area contributed by atoms with Gasteiger partial charge < -0.3 is 5.11 Å². The molecular formula is C16H14N2O2. The molecule has 1 aromatic carbocycles. The zero-order valence-electron chi connectivity index (χ0n) is 11.3. The predicted molar refractivity (Wildman–Crippen MR) is 77.1 cm³/mol. The summed E-state index contributed by atoms with van der Waals surface area (Å²) in [6, 6.07) is 11.3. The summed E-state index contributed by atoms with van der Waals surface area (Å²) in [5.74, 6) is -0.958. The van der Waals surface area contributed by atoms with Gasteiger partial charge in [-0.15, -0.1) is 0 Å². The fourth-order valence-electron chi connectivity index (χ4n) is 2.33. The van der Waals surface area contributed by atoms with Crippen molar-refractivity contribution < 1.29 is 9.90 Å². The molecule has 3 rings (SSSR count). The molecule has 0 aliphatic carbocycles. The second-order valence-corrected chi connectivity index (χ2v) is 4.89. The zero-order valence-corrected chi connectivity index (χ0v) is 11.3. The van der Waals surface area contributed by atoms with E-state index < -0.39 is 5.97 Å². The van der Waals surface area contributed by atoms with Crippen molar-refractivity contribution in [2.75, 3.05) is 0 Å². The van der Waals surface area contributed by atoms with Gasteiger partial charge in [0, 0.05) is 11.8 Å². The summed E-state index contributed by atoms with van der Waals surface area (Å²) in [6.07, 6.45) is 1.78. The molecule has 4 nitrogen and oxygen atoms in total. The molecule has 0 amide bonds.